The van der Waals surface area contributed by atoms with Gasteiger partial charge < -0.3 is 10.4 Å². The summed E-state index contributed by atoms with van der Waals surface area (Å²) in [7, 11) is 0. The minimum Gasteiger partial charge on any atom is -0.481 e. The maximum absolute atomic E-state index is 11.9. The monoisotopic (exact) mass is 315 g/mol. The summed E-state index contributed by atoms with van der Waals surface area (Å²) in [5, 5.41) is 11.6. The van der Waals surface area contributed by atoms with Crippen LogP contribution in [0.25, 0.3) is 0 Å². The molecule has 0 saturated heterocycles. The van der Waals surface area contributed by atoms with Gasteiger partial charge in [0.1, 0.15) is 0 Å². The van der Waals surface area contributed by atoms with Crippen LogP contribution in [0.1, 0.15) is 15.9 Å². The number of carboxylic acids is 1. The molecule has 1 amide bonds. The van der Waals surface area contributed by atoms with Crippen molar-refractivity contribution in [1.82, 2.24) is 5.32 Å². The molecule has 0 radical (unpaired) electrons. The molecule has 0 atom stereocenters. The third-order valence-corrected chi connectivity index (χ3v) is 3.97. The van der Waals surface area contributed by atoms with E-state index in [0.717, 1.165) is 10.5 Å². The second-order valence-corrected chi connectivity index (χ2v) is 5.75. The van der Waals surface area contributed by atoms with E-state index in [9.17, 15) is 9.59 Å². The summed E-state index contributed by atoms with van der Waals surface area (Å²) in [6.07, 6.45) is 0.708. The lowest BCUT2D eigenvalue weighted by Gasteiger charge is -2.07. The van der Waals surface area contributed by atoms with Crippen LogP contribution in [0.2, 0.25) is 0 Å². The van der Waals surface area contributed by atoms with Crippen LogP contribution in [-0.4, -0.2) is 29.3 Å². The second kappa shape index (κ2) is 8.24. The summed E-state index contributed by atoms with van der Waals surface area (Å²) in [6.45, 7) is 0.542. The lowest BCUT2D eigenvalue weighted by Crippen LogP contribution is -2.25. The number of nitrogens with one attached hydrogen (secondary N) is 1. The molecule has 0 bridgehead atoms. The summed E-state index contributed by atoms with van der Waals surface area (Å²) >= 11 is 1.29. The predicted molar refractivity (Wildman–Crippen MR) is 87.3 cm³/mol. The second-order valence-electron chi connectivity index (χ2n) is 4.70. The molecule has 0 fully saturated rings. The fourth-order valence-electron chi connectivity index (χ4n) is 1.95. The van der Waals surface area contributed by atoms with Gasteiger partial charge >= 0.3 is 5.97 Å². The van der Waals surface area contributed by atoms with Crippen molar-refractivity contribution >= 4 is 23.6 Å². The van der Waals surface area contributed by atoms with E-state index in [-0.39, 0.29) is 11.7 Å². The highest BCUT2D eigenvalue weighted by molar-refractivity contribution is 8.00. The van der Waals surface area contributed by atoms with Crippen molar-refractivity contribution < 1.29 is 14.7 Å². The van der Waals surface area contributed by atoms with Gasteiger partial charge in [-0.3, -0.25) is 9.59 Å². The molecule has 2 aromatic rings. The number of aliphatic carboxylic acids is 1. The van der Waals surface area contributed by atoms with Crippen molar-refractivity contribution in [2.24, 2.45) is 0 Å². The van der Waals surface area contributed by atoms with E-state index < -0.39 is 5.97 Å². The van der Waals surface area contributed by atoms with Crippen molar-refractivity contribution in [2.45, 2.75) is 11.3 Å². The molecule has 0 heterocycles. The maximum Gasteiger partial charge on any atom is 0.313 e. The molecule has 0 spiro atoms. The summed E-state index contributed by atoms with van der Waals surface area (Å²) in [5.41, 5.74) is 1.72. The van der Waals surface area contributed by atoms with Crippen LogP contribution in [0.4, 0.5) is 0 Å². The van der Waals surface area contributed by atoms with Crippen molar-refractivity contribution in [3.63, 3.8) is 0 Å². The molecule has 2 rings (SSSR count). The molecule has 0 aliphatic rings. The topological polar surface area (TPSA) is 66.4 Å². The Morgan fingerprint density at radius 1 is 1.05 bits per heavy atom. The molecule has 22 heavy (non-hydrogen) atoms. The highest BCUT2D eigenvalue weighted by Gasteiger charge is 2.04. The molecule has 0 saturated carbocycles. The Bertz CT molecular complexity index is 643. The fourth-order valence-corrected chi connectivity index (χ4v) is 2.65. The Balaban J connectivity index is 1.83. The zero-order valence-corrected chi connectivity index (χ0v) is 12.8. The molecular weight excluding hydrogens is 298 g/mol. The summed E-state index contributed by atoms with van der Waals surface area (Å²) in [4.78, 5) is 23.4. The van der Waals surface area contributed by atoms with Gasteiger partial charge in [0, 0.05) is 17.0 Å². The van der Waals surface area contributed by atoms with E-state index in [1.807, 2.05) is 42.5 Å². The van der Waals surface area contributed by atoms with E-state index in [0.29, 0.717) is 18.5 Å². The first-order valence-corrected chi connectivity index (χ1v) is 7.90. The molecule has 2 aromatic carbocycles. The zero-order chi connectivity index (χ0) is 15.8. The van der Waals surface area contributed by atoms with E-state index in [2.05, 4.69) is 5.32 Å². The predicted octanol–water partition coefficient (Wildman–Crippen LogP) is 2.84. The molecular formula is C17H17NO3S. The number of thioether (sulfide) groups is 1. The van der Waals surface area contributed by atoms with Crippen LogP contribution in [0.5, 0.6) is 0 Å². The van der Waals surface area contributed by atoms with Crippen molar-refractivity contribution in [3.8, 4) is 0 Å². The number of hydrogen-bond acceptors (Lipinski definition) is 3. The number of carbonyl (C=O) groups excluding carboxylic acids is 1. The van der Waals surface area contributed by atoms with Crippen LogP contribution in [-0.2, 0) is 11.2 Å². The van der Waals surface area contributed by atoms with Crippen LogP contribution < -0.4 is 5.32 Å². The number of hydrogen-bond donors (Lipinski definition) is 2. The third kappa shape index (κ3) is 5.26. The van der Waals surface area contributed by atoms with Gasteiger partial charge in [0.2, 0.25) is 0 Å². The number of carboxylic acid groups (broad SMARTS) is 1. The highest BCUT2D eigenvalue weighted by atomic mass is 32.2. The number of amides is 1. The average Bonchev–Trinajstić information content (AvgIpc) is 2.54. The molecule has 0 aliphatic heterocycles. The van der Waals surface area contributed by atoms with Gasteiger partial charge in [0.15, 0.2) is 0 Å². The van der Waals surface area contributed by atoms with Crippen LogP contribution in [0, 0.1) is 0 Å². The van der Waals surface area contributed by atoms with Gasteiger partial charge in [-0.25, -0.2) is 0 Å². The van der Waals surface area contributed by atoms with E-state index in [4.69, 9.17) is 5.11 Å². The Morgan fingerprint density at radius 2 is 1.82 bits per heavy atom. The number of carbonyl (C=O) groups is 2. The van der Waals surface area contributed by atoms with Gasteiger partial charge in [-0.1, -0.05) is 30.3 Å². The van der Waals surface area contributed by atoms with Crippen LogP contribution in [0.3, 0.4) is 0 Å². The van der Waals surface area contributed by atoms with Gasteiger partial charge in [0.25, 0.3) is 5.91 Å². The molecule has 114 valence electrons. The lowest BCUT2D eigenvalue weighted by molar-refractivity contribution is -0.133. The molecule has 0 aromatic heterocycles. The minimum atomic E-state index is -0.828. The van der Waals surface area contributed by atoms with Crippen LogP contribution >= 0.6 is 11.8 Å². The molecule has 2 N–H and O–H groups in total. The number of benzene rings is 2. The molecule has 5 heteroatoms. The molecule has 0 unspecified atom stereocenters. The normalized spacial score (nSPS) is 10.2. The Hall–Kier alpha value is -2.27. The van der Waals surface area contributed by atoms with Gasteiger partial charge in [-0.2, -0.15) is 0 Å². The smallest absolute Gasteiger partial charge is 0.313 e. The Morgan fingerprint density at radius 3 is 2.55 bits per heavy atom. The quantitative estimate of drug-likeness (QED) is 0.771. The van der Waals surface area contributed by atoms with Crippen LogP contribution in [0.15, 0.2) is 59.5 Å². The minimum absolute atomic E-state index is 0.0498. The van der Waals surface area contributed by atoms with E-state index in [1.165, 1.54) is 11.8 Å². The van der Waals surface area contributed by atoms with Crippen molar-refractivity contribution in [2.75, 3.05) is 12.3 Å². The first-order valence-electron chi connectivity index (χ1n) is 6.92. The van der Waals surface area contributed by atoms with E-state index >= 15 is 0 Å². The maximum atomic E-state index is 11.9. The standard InChI is InChI=1S/C17H17NO3S/c19-16(20)12-22-15-8-4-5-13(11-15)9-10-18-17(21)14-6-2-1-3-7-14/h1-8,11H,9-10,12H2,(H,18,21)(H,19,20). The average molecular weight is 315 g/mol. The van der Waals surface area contributed by atoms with Gasteiger partial charge in [-0.15, -0.1) is 11.8 Å². The largest absolute Gasteiger partial charge is 0.481 e. The van der Waals surface area contributed by atoms with Crippen molar-refractivity contribution in [3.05, 3.63) is 65.7 Å². The molecule has 4 nitrogen and oxygen atoms in total. The Labute approximate surface area is 133 Å². The SMILES string of the molecule is O=C(O)CSc1cccc(CCNC(=O)c2ccccc2)c1. The lowest BCUT2D eigenvalue weighted by atomic mass is 10.1. The fraction of sp³-hybridized carbons (Fsp3) is 0.176. The first kappa shape index (κ1) is 16.1. The summed E-state index contributed by atoms with van der Waals surface area (Å²) < 4.78 is 0. The summed E-state index contributed by atoms with van der Waals surface area (Å²) in [6, 6.07) is 16.8. The van der Waals surface area contributed by atoms with Gasteiger partial charge in [0.05, 0.1) is 5.75 Å². The third-order valence-electron chi connectivity index (χ3n) is 3.00. The first-order chi connectivity index (χ1) is 10.6. The number of rotatable bonds is 7. The van der Waals surface area contributed by atoms with Crippen molar-refractivity contribution in [1.29, 1.82) is 0 Å². The Kier molecular flexibility index (Phi) is 6.03. The zero-order valence-electron chi connectivity index (χ0n) is 12.0. The van der Waals surface area contributed by atoms with E-state index in [1.54, 1.807) is 12.1 Å². The summed E-state index contributed by atoms with van der Waals surface area (Å²) in [5.74, 6) is -0.865. The highest BCUT2D eigenvalue weighted by Crippen LogP contribution is 2.19. The van der Waals surface area contributed by atoms with Gasteiger partial charge in [-0.05, 0) is 36.2 Å². The molecule has 0 aliphatic carbocycles.